The van der Waals surface area contributed by atoms with Crippen LogP contribution < -0.4 is 4.74 Å². The second-order valence-corrected chi connectivity index (χ2v) is 9.56. The molecule has 172 valence electrons. The summed E-state index contributed by atoms with van der Waals surface area (Å²) in [5.74, 6) is 1.45. The molecule has 1 saturated carbocycles. The zero-order valence-corrected chi connectivity index (χ0v) is 19.3. The lowest BCUT2D eigenvalue weighted by Gasteiger charge is -2.56. The van der Waals surface area contributed by atoms with Crippen LogP contribution in [0.3, 0.4) is 0 Å². The number of carbonyl (C=O) groups excluding carboxylic acids is 1. The van der Waals surface area contributed by atoms with Crippen molar-refractivity contribution in [2.45, 2.75) is 63.4 Å². The largest absolute Gasteiger partial charge is 0.504 e. The average Bonchev–Trinajstić information content (AvgIpc) is 3.53. The zero-order chi connectivity index (χ0) is 22.8. The number of fused-ring (bicyclic) bond motifs is 4. The highest BCUT2D eigenvalue weighted by atomic mass is 16.6. The van der Waals surface area contributed by atoms with Gasteiger partial charge in [-0.25, -0.2) is 4.79 Å². The molecule has 4 aliphatic carbocycles. The van der Waals surface area contributed by atoms with Gasteiger partial charge < -0.3 is 19.3 Å². The van der Waals surface area contributed by atoms with Crippen LogP contribution in [0.2, 0.25) is 0 Å². The van der Waals surface area contributed by atoms with Crippen molar-refractivity contribution in [3.05, 3.63) is 70.0 Å². The van der Waals surface area contributed by atoms with E-state index in [4.69, 9.17) is 14.2 Å². The van der Waals surface area contributed by atoms with Crippen LogP contribution in [0.5, 0.6) is 11.5 Å². The molecule has 1 spiro atoms. The van der Waals surface area contributed by atoms with E-state index >= 15 is 0 Å². The van der Waals surface area contributed by atoms with Crippen molar-refractivity contribution in [3.63, 3.8) is 0 Å². The van der Waals surface area contributed by atoms with Gasteiger partial charge in [0.1, 0.15) is 5.76 Å². The number of aromatic hydroxyl groups is 1. The van der Waals surface area contributed by atoms with E-state index in [1.54, 1.807) is 12.1 Å². The van der Waals surface area contributed by atoms with E-state index in [1.165, 1.54) is 11.1 Å². The molecule has 4 aliphatic rings. The highest BCUT2D eigenvalue weighted by molar-refractivity contribution is 5.91. The third kappa shape index (κ3) is 2.45. The molecule has 3 atom stereocenters. The first-order valence-electron chi connectivity index (χ1n) is 12.3. The van der Waals surface area contributed by atoms with Crippen LogP contribution in [0.15, 0.2) is 42.2 Å². The number of carbonyl (C=O) groups is 1. The van der Waals surface area contributed by atoms with Gasteiger partial charge in [0.25, 0.3) is 0 Å². The van der Waals surface area contributed by atoms with E-state index in [0.717, 1.165) is 55.4 Å². The van der Waals surface area contributed by atoms with Crippen LogP contribution in [-0.4, -0.2) is 24.3 Å². The molecule has 0 unspecified atom stereocenters. The van der Waals surface area contributed by atoms with E-state index in [9.17, 15) is 9.90 Å². The second kappa shape index (κ2) is 7.28. The number of ether oxygens (including phenoxy) is 3. The normalized spacial score (nSPS) is 28.2. The van der Waals surface area contributed by atoms with Gasteiger partial charge in [-0.15, -0.1) is 0 Å². The smallest absolute Gasteiger partial charge is 0.339 e. The van der Waals surface area contributed by atoms with E-state index in [1.807, 2.05) is 38.1 Å². The lowest BCUT2D eigenvalue weighted by molar-refractivity contribution is -0.0656. The Hall–Kier alpha value is -2.95. The van der Waals surface area contributed by atoms with Gasteiger partial charge in [-0.3, -0.25) is 0 Å². The summed E-state index contributed by atoms with van der Waals surface area (Å²) in [5.41, 5.74) is 3.55. The fourth-order valence-corrected chi connectivity index (χ4v) is 7.17. The highest BCUT2D eigenvalue weighted by Gasteiger charge is 2.76. The Bertz CT molecular complexity index is 1170. The molecular weight excluding hydrogens is 416 g/mol. The number of phenols is 1. The number of hydrogen-bond acceptors (Lipinski definition) is 5. The molecule has 0 radical (unpaired) electrons. The third-order valence-corrected chi connectivity index (χ3v) is 8.19. The topological polar surface area (TPSA) is 65.0 Å². The summed E-state index contributed by atoms with van der Waals surface area (Å²) in [6.07, 6.45) is 7.86. The minimum Gasteiger partial charge on any atom is -0.504 e. The maximum absolute atomic E-state index is 13.4. The fraction of sp³-hybridized carbons (Fsp3) is 0.464. The first-order chi connectivity index (χ1) is 16.1. The molecule has 0 bridgehead atoms. The molecule has 6 rings (SSSR count). The Labute approximate surface area is 194 Å². The van der Waals surface area contributed by atoms with Crippen LogP contribution in [0.4, 0.5) is 0 Å². The number of hydrogen-bond donors (Lipinski definition) is 1. The Balaban J connectivity index is 1.60. The molecule has 0 saturated heterocycles. The Morgan fingerprint density at radius 1 is 1.03 bits per heavy atom. The van der Waals surface area contributed by atoms with Crippen LogP contribution in [0, 0.1) is 5.92 Å². The SMILES string of the molecule is CCOC1=C[C@@]2(OC(=O)c3ccccc3)c3c(OCC)c(O)c4c(c3[C@]23CCC[C@H]13)CCC4. The molecule has 0 aliphatic heterocycles. The van der Waals surface area contributed by atoms with Crippen LogP contribution in [-0.2, 0) is 33.3 Å². The van der Waals surface area contributed by atoms with Crippen molar-refractivity contribution < 1.29 is 24.1 Å². The van der Waals surface area contributed by atoms with Gasteiger partial charge >= 0.3 is 5.97 Å². The van der Waals surface area contributed by atoms with Crippen LogP contribution in [0.25, 0.3) is 0 Å². The van der Waals surface area contributed by atoms with E-state index in [-0.39, 0.29) is 23.1 Å². The molecule has 33 heavy (non-hydrogen) atoms. The summed E-state index contributed by atoms with van der Waals surface area (Å²) in [4.78, 5) is 13.4. The Morgan fingerprint density at radius 3 is 2.55 bits per heavy atom. The maximum atomic E-state index is 13.4. The van der Waals surface area contributed by atoms with Gasteiger partial charge in [0, 0.05) is 17.6 Å². The molecule has 2 aromatic rings. The lowest BCUT2D eigenvalue weighted by Crippen LogP contribution is -2.59. The molecule has 0 aromatic heterocycles. The first kappa shape index (κ1) is 20.6. The van der Waals surface area contributed by atoms with Gasteiger partial charge in [0.2, 0.25) is 0 Å². The molecule has 1 N–H and O–H groups in total. The standard InChI is InChI=1S/C28H30O5/c1-3-31-21-16-28(33-26(30)17-10-6-5-7-11-17)23-22(27(28)15-9-14-20(21)27)18-12-8-13-19(18)24(29)25(23)32-4-2/h5-7,10-11,16,20,29H,3-4,8-9,12-15H2,1-2H3/t20-,27-,28-/m1/s1. The quantitative estimate of drug-likeness (QED) is 0.609. The summed E-state index contributed by atoms with van der Waals surface area (Å²) in [5, 5.41) is 11.3. The molecule has 1 fully saturated rings. The van der Waals surface area contributed by atoms with Crippen LogP contribution in [0.1, 0.15) is 72.1 Å². The minimum atomic E-state index is -0.986. The van der Waals surface area contributed by atoms with Crippen molar-refractivity contribution in [2.75, 3.05) is 13.2 Å². The van der Waals surface area contributed by atoms with Gasteiger partial charge in [-0.05, 0) is 69.2 Å². The number of rotatable bonds is 6. The number of esters is 1. The van der Waals surface area contributed by atoms with Crippen molar-refractivity contribution >= 4 is 5.97 Å². The van der Waals surface area contributed by atoms with E-state index in [0.29, 0.717) is 24.5 Å². The predicted octanol–water partition coefficient (Wildman–Crippen LogP) is 5.32. The van der Waals surface area contributed by atoms with Crippen LogP contribution >= 0.6 is 0 Å². The molecule has 5 nitrogen and oxygen atoms in total. The number of allylic oxidation sites excluding steroid dienone is 1. The fourth-order valence-electron chi connectivity index (χ4n) is 7.17. The zero-order valence-electron chi connectivity index (χ0n) is 19.3. The lowest BCUT2D eigenvalue weighted by atomic mass is 9.50. The maximum Gasteiger partial charge on any atom is 0.339 e. The molecule has 0 amide bonds. The Morgan fingerprint density at radius 2 is 1.79 bits per heavy atom. The van der Waals surface area contributed by atoms with Crippen molar-refractivity contribution in [1.82, 2.24) is 0 Å². The van der Waals surface area contributed by atoms with Crippen molar-refractivity contribution in [3.8, 4) is 11.5 Å². The monoisotopic (exact) mass is 446 g/mol. The molecular formula is C28H30O5. The predicted molar refractivity (Wildman–Crippen MR) is 124 cm³/mol. The van der Waals surface area contributed by atoms with Crippen molar-refractivity contribution in [1.29, 1.82) is 0 Å². The second-order valence-electron chi connectivity index (χ2n) is 9.56. The summed E-state index contributed by atoms with van der Waals surface area (Å²) < 4.78 is 18.7. The molecule has 2 aromatic carbocycles. The van der Waals surface area contributed by atoms with Gasteiger partial charge in [-0.1, -0.05) is 24.6 Å². The van der Waals surface area contributed by atoms with E-state index in [2.05, 4.69) is 0 Å². The van der Waals surface area contributed by atoms with Gasteiger partial charge in [-0.2, -0.15) is 0 Å². The third-order valence-electron chi connectivity index (χ3n) is 8.19. The van der Waals surface area contributed by atoms with E-state index < -0.39 is 5.60 Å². The summed E-state index contributed by atoms with van der Waals surface area (Å²) in [6.45, 7) is 4.91. The average molecular weight is 447 g/mol. The highest BCUT2D eigenvalue weighted by Crippen LogP contribution is 2.76. The van der Waals surface area contributed by atoms with Gasteiger partial charge in [0.15, 0.2) is 17.1 Å². The summed E-state index contributed by atoms with van der Waals surface area (Å²) >= 11 is 0. The Kier molecular flexibility index (Phi) is 4.55. The molecule has 0 heterocycles. The van der Waals surface area contributed by atoms with Crippen molar-refractivity contribution in [2.24, 2.45) is 5.92 Å². The van der Waals surface area contributed by atoms with Gasteiger partial charge in [0.05, 0.1) is 29.8 Å². The minimum absolute atomic E-state index is 0.178. The number of benzene rings is 2. The number of phenolic OH excluding ortho intramolecular Hbond substituents is 1. The summed E-state index contributed by atoms with van der Waals surface area (Å²) in [6, 6.07) is 9.14. The first-order valence-corrected chi connectivity index (χ1v) is 12.3. The summed E-state index contributed by atoms with van der Waals surface area (Å²) in [7, 11) is 0. The molecule has 5 heteroatoms.